The molecule has 9 heteroatoms. The zero-order valence-electron chi connectivity index (χ0n) is 19.7. The summed E-state index contributed by atoms with van der Waals surface area (Å²) in [6.07, 6.45) is 2.04. The van der Waals surface area contributed by atoms with Gasteiger partial charge in [0.15, 0.2) is 11.7 Å². The number of benzene rings is 1. The Morgan fingerprint density at radius 2 is 1.81 bits per heavy atom. The van der Waals surface area contributed by atoms with Gasteiger partial charge < -0.3 is 29.5 Å². The first-order valence-electron chi connectivity index (χ1n) is 11.0. The Kier molecular flexibility index (Phi) is 10.4. The summed E-state index contributed by atoms with van der Waals surface area (Å²) in [5.74, 6) is 3.56. The van der Waals surface area contributed by atoms with Crippen molar-refractivity contribution in [3.63, 3.8) is 0 Å². The number of hydrogen-bond donors (Lipinski definition) is 2. The van der Waals surface area contributed by atoms with Gasteiger partial charge in [-0.3, -0.25) is 0 Å². The SMILES string of the molecule is CCNC(=NCc1cc(C(C)C)no1)NC1CCN(c2cc(OC)cc(OC)c2)CC1.I. The third-order valence-corrected chi connectivity index (χ3v) is 5.44. The fourth-order valence-corrected chi connectivity index (χ4v) is 3.60. The summed E-state index contributed by atoms with van der Waals surface area (Å²) in [6.45, 7) is 9.45. The number of aromatic nitrogens is 1. The van der Waals surface area contributed by atoms with Crippen molar-refractivity contribution < 1.29 is 14.0 Å². The molecule has 2 aromatic rings. The maximum Gasteiger partial charge on any atom is 0.191 e. The van der Waals surface area contributed by atoms with E-state index >= 15 is 0 Å². The van der Waals surface area contributed by atoms with E-state index in [2.05, 4.69) is 58.6 Å². The Morgan fingerprint density at radius 3 is 2.34 bits per heavy atom. The molecule has 3 rings (SSSR count). The molecule has 0 atom stereocenters. The highest BCUT2D eigenvalue weighted by Crippen LogP contribution is 2.30. The first-order chi connectivity index (χ1) is 15.0. The van der Waals surface area contributed by atoms with Crippen LogP contribution in [-0.2, 0) is 6.54 Å². The van der Waals surface area contributed by atoms with Crippen LogP contribution in [0.1, 0.15) is 51.0 Å². The van der Waals surface area contributed by atoms with Gasteiger partial charge in [0.1, 0.15) is 18.0 Å². The number of ether oxygens (including phenoxy) is 2. The largest absolute Gasteiger partial charge is 0.497 e. The molecule has 1 aromatic heterocycles. The number of methoxy groups -OCH3 is 2. The van der Waals surface area contributed by atoms with E-state index in [4.69, 9.17) is 14.0 Å². The lowest BCUT2D eigenvalue weighted by Gasteiger charge is -2.34. The average Bonchev–Trinajstić information content (AvgIpc) is 3.27. The fourth-order valence-electron chi connectivity index (χ4n) is 3.60. The van der Waals surface area contributed by atoms with Gasteiger partial charge in [-0.25, -0.2) is 4.99 Å². The van der Waals surface area contributed by atoms with E-state index in [0.29, 0.717) is 18.5 Å². The van der Waals surface area contributed by atoms with Crippen molar-refractivity contribution in [2.45, 2.75) is 52.1 Å². The lowest BCUT2D eigenvalue weighted by Crippen LogP contribution is -2.48. The second-order valence-electron chi connectivity index (χ2n) is 8.04. The summed E-state index contributed by atoms with van der Waals surface area (Å²) in [5.41, 5.74) is 2.09. The molecule has 8 nitrogen and oxygen atoms in total. The van der Waals surface area contributed by atoms with Crippen LogP contribution in [0.2, 0.25) is 0 Å². The molecule has 2 heterocycles. The first kappa shape index (κ1) is 26.1. The van der Waals surface area contributed by atoms with Gasteiger partial charge >= 0.3 is 0 Å². The molecule has 0 radical (unpaired) electrons. The highest BCUT2D eigenvalue weighted by atomic mass is 127. The van der Waals surface area contributed by atoms with Crippen LogP contribution >= 0.6 is 24.0 Å². The molecule has 0 bridgehead atoms. The number of nitrogens with one attached hydrogen (secondary N) is 2. The van der Waals surface area contributed by atoms with Gasteiger partial charge in [0.2, 0.25) is 0 Å². The van der Waals surface area contributed by atoms with Crippen molar-refractivity contribution >= 4 is 35.6 Å². The summed E-state index contributed by atoms with van der Waals surface area (Å²) >= 11 is 0. The Morgan fingerprint density at radius 1 is 1.16 bits per heavy atom. The highest BCUT2D eigenvalue weighted by molar-refractivity contribution is 14.0. The van der Waals surface area contributed by atoms with E-state index < -0.39 is 0 Å². The average molecular weight is 557 g/mol. The van der Waals surface area contributed by atoms with E-state index in [9.17, 15) is 0 Å². The van der Waals surface area contributed by atoms with Gasteiger partial charge in [0, 0.05) is 55.6 Å². The molecular formula is C23H36IN5O3. The van der Waals surface area contributed by atoms with Crippen LogP contribution in [0.25, 0.3) is 0 Å². The minimum atomic E-state index is 0. The number of nitrogens with zero attached hydrogens (tertiary/aromatic N) is 3. The van der Waals surface area contributed by atoms with Crippen LogP contribution in [0.15, 0.2) is 33.8 Å². The van der Waals surface area contributed by atoms with Crippen LogP contribution in [0.4, 0.5) is 5.69 Å². The first-order valence-corrected chi connectivity index (χ1v) is 11.0. The molecule has 1 aromatic carbocycles. The van der Waals surface area contributed by atoms with Crippen molar-refractivity contribution in [1.29, 1.82) is 0 Å². The maximum absolute atomic E-state index is 5.41. The topological polar surface area (TPSA) is 84.2 Å². The molecule has 0 unspecified atom stereocenters. The molecule has 0 aliphatic carbocycles. The molecule has 0 spiro atoms. The van der Waals surface area contributed by atoms with Crippen LogP contribution < -0.4 is 25.0 Å². The molecule has 0 saturated carbocycles. The maximum atomic E-state index is 5.41. The van der Waals surface area contributed by atoms with Crippen molar-refractivity contribution in [2.75, 3.05) is 38.8 Å². The molecule has 1 saturated heterocycles. The monoisotopic (exact) mass is 557 g/mol. The Balaban J connectivity index is 0.00000363. The zero-order valence-corrected chi connectivity index (χ0v) is 22.0. The van der Waals surface area contributed by atoms with E-state index in [-0.39, 0.29) is 24.0 Å². The zero-order chi connectivity index (χ0) is 22.2. The fraction of sp³-hybridized carbons (Fsp3) is 0.565. The van der Waals surface area contributed by atoms with E-state index in [0.717, 1.165) is 67.1 Å². The van der Waals surface area contributed by atoms with Crippen molar-refractivity contribution in [1.82, 2.24) is 15.8 Å². The molecule has 32 heavy (non-hydrogen) atoms. The normalized spacial score (nSPS) is 14.8. The number of hydrogen-bond acceptors (Lipinski definition) is 6. The molecule has 178 valence electrons. The minimum absolute atomic E-state index is 0. The Hall–Kier alpha value is -2.17. The standard InChI is InChI=1S/C23H35N5O3.HI/c1-6-24-23(25-15-21-14-22(16(2)3)27-31-21)26-17-7-9-28(10-8-17)18-11-19(29-4)13-20(12-18)30-5;/h11-14,16-17H,6-10,15H2,1-5H3,(H2,24,25,26);1H. The number of aliphatic imine (C=N–C) groups is 1. The number of anilines is 1. The third-order valence-electron chi connectivity index (χ3n) is 5.44. The quantitative estimate of drug-likeness (QED) is 0.287. The minimum Gasteiger partial charge on any atom is -0.497 e. The molecule has 0 amide bonds. The van der Waals surface area contributed by atoms with Crippen LogP contribution in [0.3, 0.4) is 0 Å². The Labute approximate surface area is 208 Å². The van der Waals surface area contributed by atoms with Gasteiger partial charge in [-0.2, -0.15) is 0 Å². The van der Waals surface area contributed by atoms with Gasteiger partial charge in [-0.05, 0) is 25.7 Å². The van der Waals surface area contributed by atoms with E-state index in [1.165, 1.54) is 0 Å². The molecule has 1 aliphatic rings. The van der Waals surface area contributed by atoms with Crippen LogP contribution in [-0.4, -0.2) is 51.0 Å². The molecule has 2 N–H and O–H groups in total. The summed E-state index contributed by atoms with van der Waals surface area (Å²) in [6, 6.07) is 8.37. The van der Waals surface area contributed by atoms with Crippen molar-refractivity contribution in [3.05, 3.63) is 35.7 Å². The number of halogens is 1. The number of guanidine groups is 1. The van der Waals surface area contributed by atoms with Gasteiger partial charge in [0.25, 0.3) is 0 Å². The van der Waals surface area contributed by atoms with Gasteiger partial charge in [-0.15, -0.1) is 24.0 Å². The van der Waals surface area contributed by atoms with Crippen LogP contribution in [0, 0.1) is 0 Å². The van der Waals surface area contributed by atoms with Gasteiger partial charge in [-0.1, -0.05) is 19.0 Å². The highest BCUT2D eigenvalue weighted by Gasteiger charge is 2.21. The van der Waals surface area contributed by atoms with Crippen molar-refractivity contribution in [2.24, 2.45) is 4.99 Å². The summed E-state index contributed by atoms with van der Waals surface area (Å²) in [7, 11) is 3.36. The predicted octanol–water partition coefficient (Wildman–Crippen LogP) is 4.16. The summed E-state index contributed by atoms with van der Waals surface area (Å²) in [5, 5.41) is 11.0. The van der Waals surface area contributed by atoms with Crippen LogP contribution in [0.5, 0.6) is 11.5 Å². The lowest BCUT2D eigenvalue weighted by atomic mass is 10.0. The van der Waals surface area contributed by atoms with Gasteiger partial charge in [0.05, 0.1) is 19.9 Å². The molecular weight excluding hydrogens is 521 g/mol. The number of rotatable bonds is 8. The second-order valence-corrected chi connectivity index (χ2v) is 8.04. The molecule has 1 fully saturated rings. The smallest absolute Gasteiger partial charge is 0.191 e. The van der Waals surface area contributed by atoms with E-state index in [1.807, 2.05) is 12.1 Å². The third kappa shape index (κ3) is 7.18. The van der Waals surface area contributed by atoms with Crippen molar-refractivity contribution in [3.8, 4) is 11.5 Å². The summed E-state index contributed by atoms with van der Waals surface area (Å²) in [4.78, 5) is 7.06. The summed E-state index contributed by atoms with van der Waals surface area (Å²) < 4.78 is 16.2. The lowest BCUT2D eigenvalue weighted by molar-refractivity contribution is 0.376. The second kappa shape index (κ2) is 12.8. The molecule has 1 aliphatic heterocycles. The number of piperidine rings is 1. The predicted molar refractivity (Wildman–Crippen MR) is 139 cm³/mol. The van der Waals surface area contributed by atoms with E-state index in [1.54, 1.807) is 14.2 Å². The Bertz CT molecular complexity index is 841.